The molecule has 0 bridgehead atoms. The van der Waals surface area contributed by atoms with Crippen molar-refractivity contribution in [3.05, 3.63) is 41.8 Å². The highest BCUT2D eigenvalue weighted by atomic mass is 19.1. The molecular formula is C21H23FN2O2. The summed E-state index contributed by atoms with van der Waals surface area (Å²) >= 11 is 0. The third-order valence-electron chi connectivity index (χ3n) is 5.42. The minimum atomic E-state index is -0.340. The molecular weight excluding hydrogens is 331 g/mol. The lowest BCUT2D eigenvalue weighted by atomic mass is 9.72. The Morgan fingerprint density at radius 1 is 1.35 bits per heavy atom. The first-order chi connectivity index (χ1) is 12.6. The van der Waals surface area contributed by atoms with E-state index in [9.17, 15) is 9.18 Å². The van der Waals surface area contributed by atoms with Crippen LogP contribution in [0, 0.1) is 29.0 Å². The first-order valence-electron chi connectivity index (χ1n) is 9.21. The van der Waals surface area contributed by atoms with Gasteiger partial charge in [-0.05, 0) is 74.3 Å². The zero-order valence-corrected chi connectivity index (χ0v) is 15.0. The lowest BCUT2D eigenvalue weighted by molar-refractivity contribution is -0.150. The summed E-state index contributed by atoms with van der Waals surface area (Å²) in [4.78, 5) is 16.5. The molecule has 0 N–H and O–H groups in total. The molecule has 136 valence electrons. The summed E-state index contributed by atoms with van der Waals surface area (Å²) in [5, 5.41) is 9.93. The number of nitrogens with zero attached hydrogens (tertiary/aromatic N) is 2. The Morgan fingerprint density at radius 2 is 2.12 bits per heavy atom. The fourth-order valence-corrected chi connectivity index (χ4v) is 4.12. The average molecular weight is 354 g/mol. The van der Waals surface area contributed by atoms with E-state index in [4.69, 9.17) is 10.00 Å². The van der Waals surface area contributed by atoms with Gasteiger partial charge in [0.15, 0.2) is 0 Å². The fraction of sp³-hybridized carbons (Fsp3) is 0.476. The number of esters is 1. The van der Waals surface area contributed by atoms with E-state index in [-0.39, 0.29) is 30.0 Å². The molecule has 4 nitrogen and oxygen atoms in total. The van der Waals surface area contributed by atoms with E-state index < -0.39 is 0 Å². The molecule has 5 heteroatoms. The molecule has 1 aliphatic carbocycles. The van der Waals surface area contributed by atoms with Gasteiger partial charge in [-0.3, -0.25) is 9.78 Å². The number of fused-ring (bicyclic) bond motifs is 1. The summed E-state index contributed by atoms with van der Waals surface area (Å²) in [6.45, 7) is 2.12. The smallest absolute Gasteiger partial charge is 0.310 e. The number of ether oxygens (including phenoxy) is 1. The number of aromatic nitrogens is 1. The van der Waals surface area contributed by atoms with Crippen LogP contribution < -0.4 is 0 Å². The van der Waals surface area contributed by atoms with Gasteiger partial charge in [0, 0.05) is 18.0 Å². The number of hydrogen-bond donors (Lipinski definition) is 0. The molecule has 0 amide bonds. The SMILES string of the molecule is CCOC(=O)C(CC#N)C1CCC(c2ccnc3ccc(F)cc23)CC1. The van der Waals surface area contributed by atoms with Crippen molar-refractivity contribution in [3.8, 4) is 6.07 Å². The van der Waals surface area contributed by atoms with Crippen molar-refractivity contribution < 1.29 is 13.9 Å². The Morgan fingerprint density at radius 3 is 2.81 bits per heavy atom. The third kappa shape index (κ3) is 3.85. The summed E-state index contributed by atoms with van der Waals surface area (Å²) < 4.78 is 18.8. The van der Waals surface area contributed by atoms with E-state index in [0.29, 0.717) is 12.5 Å². The van der Waals surface area contributed by atoms with Gasteiger partial charge in [0.1, 0.15) is 5.82 Å². The van der Waals surface area contributed by atoms with Crippen LogP contribution in [0.5, 0.6) is 0 Å². The second-order valence-corrected chi connectivity index (χ2v) is 6.89. The largest absolute Gasteiger partial charge is 0.466 e. The molecule has 2 aromatic rings. The first-order valence-corrected chi connectivity index (χ1v) is 9.21. The standard InChI is InChI=1S/C21H23FN2O2/c1-2-26-21(25)18(9-11-23)15-5-3-14(4-6-15)17-10-12-24-20-8-7-16(22)13-19(17)20/h7-8,10,12-15,18H,2-6,9H2,1H3. The molecule has 1 heterocycles. The second-order valence-electron chi connectivity index (χ2n) is 6.89. The molecule has 0 radical (unpaired) electrons. The molecule has 26 heavy (non-hydrogen) atoms. The maximum atomic E-state index is 13.7. The second kappa shape index (κ2) is 8.27. The van der Waals surface area contributed by atoms with Gasteiger partial charge in [0.2, 0.25) is 0 Å². The van der Waals surface area contributed by atoms with Crippen LogP contribution in [0.2, 0.25) is 0 Å². The maximum absolute atomic E-state index is 13.7. The molecule has 1 aromatic carbocycles. The van der Waals surface area contributed by atoms with Crippen molar-refractivity contribution >= 4 is 16.9 Å². The number of nitriles is 1. The van der Waals surface area contributed by atoms with E-state index >= 15 is 0 Å². The van der Waals surface area contributed by atoms with E-state index in [0.717, 1.165) is 42.1 Å². The molecule has 3 rings (SSSR count). The Bertz CT molecular complexity index is 822. The zero-order valence-electron chi connectivity index (χ0n) is 15.0. The highest BCUT2D eigenvalue weighted by molar-refractivity contribution is 5.82. The van der Waals surface area contributed by atoms with E-state index in [1.807, 2.05) is 6.07 Å². The highest BCUT2D eigenvalue weighted by Gasteiger charge is 2.33. The van der Waals surface area contributed by atoms with Gasteiger partial charge >= 0.3 is 5.97 Å². The fourth-order valence-electron chi connectivity index (χ4n) is 4.12. The predicted octanol–water partition coefficient (Wildman–Crippen LogP) is 4.74. The van der Waals surface area contributed by atoms with Gasteiger partial charge in [-0.25, -0.2) is 4.39 Å². The van der Waals surface area contributed by atoms with Gasteiger partial charge in [0.05, 0.1) is 24.1 Å². The molecule has 1 aromatic heterocycles. The minimum Gasteiger partial charge on any atom is -0.466 e. The molecule has 1 aliphatic rings. The first kappa shape index (κ1) is 18.3. The van der Waals surface area contributed by atoms with Crippen molar-refractivity contribution in [1.29, 1.82) is 5.26 Å². The molecule has 1 fully saturated rings. The number of pyridine rings is 1. The van der Waals surface area contributed by atoms with Crippen molar-refractivity contribution in [2.24, 2.45) is 11.8 Å². The van der Waals surface area contributed by atoms with Gasteiger partial charge in [0.25, 0.3) is 0 Å². The van der Waals surface area contributed by atoms with Crippen molar-refractivity contribution in [1.82, 2.24) is 4.98 Å². The van der Waals surface area contributed by atoms with E-state index in [1.165, 1.54) is 6.07 Å². The summed E-state index contributed by atoms with van der Waals surface area (Å²) in [6, 6.07) is 8.80. The molecule has 0 spiro atoms. The van der Waals surface area contributed by atoms with E-state index in [2.05, 4.69) is 11.1 Å². The number of hydrogen-bond acceptors (Lipinski definition) is 4. The highest BCUT2D eigenvalue weighted by Crippen LogP contribution is 2.41. The van der Waals surface area contributed by atoms with Crippen LogP contribution in [0.3, 0.4) is 0 Å². The summed E-state index contributed by atoms with van der Waals surface area (Å²) in [5.74, 6) is -0.350. The number of benzene rings is 1. The lowest BCUT2D eigenvalue weighted by Gasteiger charge is -2.32. The van der Waals surface area contributed by atoms with Crippen molar-refractivity contribution in [2.75, 3.05) is 6.61 Å². The summed E-state index contributed by atoms with van der Waals surface area (Å²) in [6.07, 6.45) is 5.56. The summed E-state index contributed by atoms with van der Waals surface area (Å²) in [5.41, 5.74) is 1.93. The van der Waals surface area contributed by atoms with Crippen molar-refractivity contribution in [3.63, 3.8) is 0 Å². The third-order valence-corrected chi connectivity index (χ3v) is 5.42. The Labute approximate surface area is 153 Å². The van der Waals surface area contributed by atoms with Crippen LogP contribution in [0.25, 0.3) is 10.9 Å². The molecule has 1 unspecified atom stereocenters. The van der Waals surface area contributed by atoms with Crippen LogP contribution in [0.4, 0.5) is 4.39 Å². The molecule has 0 aliphatic heterocycles. The van der Waals surface area contributed by atoms with Crippen LogP contribution in [-0.2, 0) is 9.53 Å². The predicted molar refractivity (Wildman–Crippen MR) is 96.8 cm³/mol. The Balaban J connectivity index is 1.75. The molecule has 0 saturated heterocycles. The minimum absolute atomic E-state index is 0.176. The van der Waals surface area contributed by atoms with Crippen LogP contribution in [0.15, 0.2) is 30.5 Å². The van der Waals surface area contributed by atoms with Gasteiger partial charge in [-0.2, -0.15) is 5.26 Å². The van der Waals surface area contributed by atoms with Gasteiger partial charge < -0.3 is 4.74 Å². The number of rotatable bonds is 5. The number of halogens is 1. The number of carbonyl (C=O) groups is 1. The maximum Gasteiger partial charge on any atom is 0.310 e. The van der Waals surface area contributed by atoms with Crippen LogP contribution in [0.1, 0.15) is 50.5 Å². The zero-order chi connectivity index (χ0) is 18.5. The van der Waals surface area contributed by atoms with Crippen LogP contribution >= 0.6 is 0 Å². The Kier molecular flexibility index (Phi) is 5.82. The van der Waals surface area contributed by atoms with Crippen LogP contribution in [-0.4, -0.2) is 17.6 Å². The monoisotopic (exact) mass is 354 g/mol. The lowest BCUT2D eigenvalue weighted by Crippen LogP contribution is -2.28. The number of carbonyl (C=O) groups excluding carboxylic acids is 1. The molecule has 1 atom stereocenters. The van der Waals surface area contributed by atoms with E-state index in [1.54, 1.807) is 25.3 Å². The van der Waals surface area contributed by atoms with Gasteiger partial charge in [-0.15, -0.1) is 0 Å². The topological polar surface area (TPSA) is 63.0 Å². The quantitative estimate of drug-likeness (QED) is 0.728. The normalized spacial score (nSPS) is 21.1. The summed E-state index contributed by atoms with van der Waals surface area (Å²) in [7, 11) is 0. The molecule has 1 saturated carbocycles. The van der Waals surface area contributed by atoms with Crippen molar-refractivity contribution in [2.45, 2.75) is 44.9 Å². The average Bonchev–Trinajstić information content (AvgIpc) is 2.66. The Hall–Kier alpha value is -2.48. The van der Waals surface area contributed by atoms with Gasteiger partial charge in [-0.1, -0.05) is 0 Å².